The van der Waals surface area contributed by atoms with Crippen LogP contribution in [0.1, 0.15) is 0 Å². The summed E-state index contributed by atoms with van der Waals surface area (Å²) in [5.41, 5.74) is 1.23. The molecule has 3 heteroatoms. The van der Waals surface area contributed by atoms with Crippen LogP contribution in [0.4, 0.5) is 5.69 Å². The minimum absolute atomic E-state index is 1.22. The van der Waals surface area contributed by atoms with Gasteiger partial charge in [0, 0.05) is 31.4 Å². The SMILES string of the molecule is CSc1cnccc1N(C)C. The molecule has 0 spiro atoms. The van der Waals surface area contributed by atoms with Crippen LogP contribution in [0.15, 0.2) is 23.4 Å². The predicted octanol–water partition coefficient (Wildman–Crippen LogP) is 1.87. The van der Waals surface area contributed by atoms with Crippen molar-refractivity contribution >= 4 is 17.4 Å². The minimum Gasteiger partial charge on any atom is -0.377 e. The van der Waals surface area contributed by atoms with E-state index in [0.29, 0.717) is 0 Å². The first-order valence-electron chi connectivity index (χ1n) is 3.41. The number of rotatable bonds is 2. The van der Waals surface area contributed by atoms with Crippen molar-refractivity contribution in [2.45, 2.75) is 4.90 Å². The van der Waals surface area contributed by atoms with Gasteiger partial charge in [0.05, 0.1) is 5.69 Å². The second-order valence-electron chi connectivity index (χ2n) is 2.44. The molecule has 0 saturated carbocycles. The maximum atomic E-state index is 4.05. The standard InChI is InChI=1S/C8H12N2S/c1-10(2)7-4-5-9-6-8(7)11-3/h4-6H,1-3H3. The average Bonchev–Trinajstić information content (AvgIpc) is 2.04. The molecular formula is C8H12N2S. The first-order valence-corrected chi connectivity index (χ1v) is 4.63. The molecule has 60 valence electrons. The minimum atomic E-state index is 1.22. The Hall–Kier alpha value is -0.700. The molecule has 2 nitrogen and oxygen atoms in total. The summed E-state index contributed by atoms with van der Waals surface area (Å²) in [6.07, 6.45) is 5.76. The lowest BCUT2D eigenvalue weighted by Gasteiger charge is -2.14. The molecular weight excluding hydrogens is 156 g/mol. The molecule has 1 rings (SSSR count). The van der Waals surface area contributed by atoms with E-state index in [-0.39, 0.29) is 0 Å². The fourth-order valence-corrected chi connectivity index (χ4v) is 1.53. The van der Waals surface area contributed by atoms with E-state index in [1.807, 2.05) is 32.6 Å². The van der Waals surface area contributed by atoms with Crippen molar-refractivity contribution in [3.63, 3.8) is 0 Å². The van der Waals surface area contributed by atoms with Gasteiger partial charge in [-0.3, -0.25) is 4.98 Å². The van der Waals surface area contributed by atoms with Gasteiger partial charge in [0.2, 0.25) is 0 Å². The van der Waals surface area contributed by atoms with Crippen molar-refractivity contribution in [3.05, 3.63) is 18.5 Å². The maximum Gasteiger partial charge on any atom is 0.0530 e. The van der Waals surface area contributed by atoms with Crippen LogP contribution < -0.4 is 4.90 Å². The fourth-order valence-electron chi connectivity index (χ4n) is 0.899. The van der Waals surface area contributed by atoms with Crippen LogP contribution in [-0.4, -0.2) is 25.3 Å². The summed E-state index contributed by atoms with van der Waals surface area (Å²) >= 11 is 1.72. The third-order valence-electron chi connectivity index (χ3n) is 1.46. The van der Waals surface area contributed by atoms with Gasteiger partial charge in [-0.05, 0) is 12.3 Å². The summed E-state index contributed by atoms with van der Waals surface area (Å²) in [6.45, 7) is 0. The fraction of sp³-hybridized carbons (Fsp3) is 0.375. The Morgan fingerprint density at radius 1 is 1.45 bits per heavy atom. The summed E-state index contributed by atoms with van der Waals surface area (Å²) in [5, 5.41) is 0. The molecule has 0 fully saturated rings. The third-order valence-corrected chi connectivity index (χ3v) is 2.22. The number of hydrogen-bond acceptors (Lipinski definition) is 3. The highest BCUT2D eigenvalue weighted by atomic mass is 32.2. The monoisotopic (exact) mass is 168 g/mol. The highest BCUT2D eigenvalue weighted by Gasteiger charge is 2.00. The number of anilines is 1. The van der Waals surface area contributed by atoms with Gasteiger partial charge in [0.1, 0.15) is 0 Å². The van der Waals surface area contributed by atoms with Crippen molar-refractivity contribution in [2.24, 2.45) is 0 Å². The lowest BCUT2D eigenvalue weighted by atomic mass is 10.4. The summed E-state index contributed by atoms with van der Waals surface area (Å²) in [7, 11) is 4.07. The van der Waals surface area contributed by atoms with Crippen molar-refractivity contribution < 1.29 is 0 Å². The van der Waals surface area contributed by atoms with E-state index >= 15 is 0 Å². The van der Waals surface area contributed by atoms with E-state index in [0.717, 1.165) is 0 Å². The molecule has 0 radical (unpaired) electrons. The van der Waals surface area contributed by atoms with Gasteiger partial charge < -0.3 is 4.90 Å². The lowest BCUT2D eigenvalue weighted by molar-refractivity contribution is 1.08. The first-order chi connectivity index (χ1) is 5.25. The predicted molar refractivity (Wildman–Crippen MR) is 50.3 cm³/mol. The summed E-state index contributed by atoms with van der Waals surface area (Å²) in [4.78, 5) is 7.36. The molecule has 0 atom stereocenters. The molecule has 0 aliphatic carbocycles. The van der Waals surface area contributed by atoms with Crippen molar-refractivity contribution in [1.29, 1.82) is 0 Å². The number of aromatic nitrogens is 1. The Balaban J connectivity index is 3.02. The second-order valence-corrected chi connectivity index (χ2v) is 3.29. The summed E-state index contributed by atoms with van der Waals surface area (Å²) < 4.78 is 0. The molecule has 0 amide bonds. The molecule has 1 aromatic rings. The van der Waals surface area contributed by atoms with Crippen LogP contribution >= 0.6 is 11.8 Å². The number of thioether (sulfide) groups is 1. The molecule has 0 aromatic carbocycles. The number of nitrogens with zero attached hydrogens (tertiary/aromatic N) is 2. The third kappa shape index (κ3) is 1.87. The van der Waals surface area contributed by atoms with E-state index in [4.69, 9.17) is 0 Å². The molecule has 0 N–H and O–H groups in total. The van der Waals surface area contributed by atoms with Crippen LogP contribution in [0.3, 0.4) is 0 Å². The Morgan fingerprint density at radius 2 is 2.18 bits per heavy atom. The largest absolute Gasteiger partial charge is 0.377 e. The lowest BCUT2D eigenvalue weighted by Crippen LogP contribution is -2.09. The highest BCUT2D eigenvalue weighted by Crippen LogP contribution is 2.25. The van der Waals surface area contributed by atoms with Crippen LogP contribution in [0.25, 0.3) is 0 Å². The zero-order valence-electron chi connectivity index (χ0n) is 7.03. The van der Waals surface area contributed by atoms with Gasteiger partial charge in [-0.25, -0.2) is 0 Å². The number of hydrogen-bond donors (Lipinski definition) is 0. The Bertz CT molecular complexity index is 235. The van der Waals surface area contributed by atoms with Gasteiger partial charge in [0.15, 0.2) is 0 Å². The summed E-state index contributed by atoms with van der Waals surface area (Å²) in [6, 6.07) is 2.02. The van der Waals surface area contributed by atoms with Crippen LogP contribution in [0.5, 0.6) is 0 Å². The quantitative estimate of drug-likeness (QED) is 0.627. The van der Waals surface area contributed by atoms with Crippen molar-refractivity contribution in [2.75, 3.05) is 25.3 Å². The van der Waals surface area contributed by atoms with Crippen LogP contribution in [0.2, 0.25) is 0 Å². The highest BCUT2D eigenvalue weighted by molar-refractivity contribution is 7.98. The summed E-state index contributed by atoms with van der Waals surface area (Å²) in [5.74, 6) is 0. The zero-order chi connectivity index (χ0) is 8.27. The van der Waals surface area contributed by atoms with Gasteiger partial charge >= 0.3 is 0 Å². The van der Waals surface area contributed by atoms with Gasteiger partial charge in [-0.2, -0.15) is 0 Å². The second kappa shape index (κ2) is 3.62. The van der Waals surface area contributed by atoms with Crippen LogP contribution in [-0.2, 0) is 0 Å². The van der Waals surface area contributed by atoms with Crippen molar-refractivity contribution in [1.82, 2.24) is 4.98 Å². The molecule has 0 saturated heterocycles. The molecule has 1 heterocycles. The average molecular weight is 168 g/mol. The molecule has 1 aromatic heterocycles. The Kier molecular flexibility index (Phi) is 2.76. The maximum absolute atomic E-state index is 4.05. The molecule has 0 aliphatic rings. The molecule has 0 bridgehead atoms. The zero-order valence-corrected chi connectivity index (χ0v) is 7.85. The number of pyridine rings is 1. The van der Waals surface area contributed by atoms with E-state index in [9.17, 15) is 0 Å². The Labute approximate surface area is 71.6 Å². The van der Waals surface area contributed by atoms with E-state index < -0.39 is 0 Å². The van der Waals surface area contributed by atoms with Crippen molar-refractivity contribution in [3.8, 4) is 0 Å². The first kappa shape index (κ1) is 8.40. The van der Waals surface area contributed by atoms with E-state index in [1.165, 1.54) is 10.6 Å². The smallest absolute Gasteiger partial charge is 0.0530 e. The Morgan fingerprint density at radius 3 is 2.64 bits per heavy atom. The van der Waals surface area contributed by atoms with Gasteiger partial charge in [-0.15, -0.1) is 11.8 Å². The topological polar surface area (TPSA) is 16.1 Å². The molecule has 0 aliphatic heterocycles. The van der Waals surface area contributed by atoms with Gasteiger partial charge in [-0.1, -0.05) is 0 Å². The van der Waals surface area contributed by atoms with E-state index in [2.05, 4.69) is 16.1 Å². The normalized spacial score (nSPS) is 9.73. The molecule has 0 unspecified atom stereocenters. The van der Waals surface area contributed by atoms with Gasteiger partial charge in [0.25, 0.3) is 0 Å². The molecule has 11 heavy (non-hydrogen) atoms. The van der Waals surface area contributed by atoms with Crippen LogP contribution in [0, 0.1) is 0 Å². The van der Waals surface area contributed by atoms with E-state index in [1.54, 1.807) is 11.8 Å².